The van der Waals surface area contributed by atoms with Gasteiger partial charge in [-0.3, -0.25) is 4.79 Å². The first-order valence-corrected chi connectivity index (χ1v) is 6.71. The van der Waals surface area contributed by atoms with Crippen LogP contribution in [0.5, 0.6) is 0 Å². The standard InChI is InChI=1S/C16H22N2O/c1-11(2)14-7-5-13(6-8-14)10-18-16(19)15(9-17)12(3)4/h5-8,11-12,15H,10H2,1-4H3,(H,18,19). The molecule has 0 fully saturated rings. The lowest BCUT2D eigenvalue weighted by Gasteiger charge is -2.13. The minimum absolute atomic E-state index is 0.0355. The summed E-state index contributed by atoms with van der Waals surface area (Å²) >= 11 is 0. The van der Waals surface area contributed by atoms with Crippen molar-refractivity contribution in [2.45, 2.75) is 40.2 Å². The molecule has 0 aromatic heterocycles. The Morgan fingerprint density at radius 2 is 1.79 bits per heavy atom. The van der Waals surface area contributed by atoms with Gasteiger partial charge in [-0.1, -0.05) is 52.0 Å². The van der Waals surface area contributed by atoms with Crippen molar-refractivity contribution in [3.05, 3.63) is 35.4 Å². The largest absolute Gasteiger partial charge is 0.351 e. The molecule has 102 valence electrons. The van der Waals surface area contributed by atoms with E-state index in [1.807, 2.05) is 32.0 Å². The highest BCUT2D eigenvalue weighted by Gasteiger charge is 2.20. The second-order valence-electron chi connectivity index (χ2n) is 5.46. The first-order chi connectivity index (χ1) is 8.95. The van der Waals surface area contributed by atoms with Crippen LogP contribution < -0.4 is 5.32 Å². The zero-order valence-corrected chi connectivity index (χ0v) is 12.1. The van der Waals surface area contributed by atoms with E-state index in [-0.39, 0.29) is 11.8 Å². The molecule has 19 heavy (non-hydrogen) atoms. The van der Waals surface area contributed by atoms with Gasteiger partial charge in [0.2, 0.25) is 5.91 Å². The van der Waals surface area contributed by atoms with Gasteiger partial charge in [0.1, 0.15) is 5.92 Å². The van der Waals surface area contributed by atoms with Gasteiger partial charge in [0.25, 0.3) is 0 Å². The Morgan fingerprint density at radius 1 is 1.21 bits per heavy atom. The highest BCUT2D eigenvalue weighted by Crippen LogP contribution is 2.15. The van der Waals surface area contributed by atoms with Crippen molar-refractivity contribution in [1.29, 1.82) is 5.26 Å². The zero-order valence-electron chi connectivity index (χ0n) is 12.1. The Labute approximate surface area is 115 Å². The summed E-state index contributed by atoms with van der Waals surface area (Å²) in [5.74, 6) is -0.221. The van der Waals surface area contributed by atoms with Crippen molar-refractivity contribution < 1.29 is 4.79 Å². The van der Waals surface area contributed by atoms with Gasteiger partial charge in [0, 0.05) is 6.54 Å². The maximum Gasteiger partial charge on any atom is 0.237 e. The van der Waals surface area contributed by atoms with Gasteiger partial charge in [-0.05, 0) is 23.0 Å². The van der Waals surface area contributed by atoms with Crippen LogP contribution >= 0.6 is 0 Å². The number of amides is 1. The lowest BCUT2D eigenvalue weighted by molar-refractivity contribution is -0.124. The van der Waals surface area contributed by atoms with Crippen molar-refractivity contribution in [1.82, 2.24) is 5.32 Å². The fourth-order valence-corrected chi connectivity index (χ4v) is 1.83. The van der Waals surface area contributed by atoms with Crippen LogP contribution in [0, 0.1) is 23.2 Å². The lowest BCUT2D eigenvalue weighted by Crippen LogP contribution is -2.32. The molecule has 0 saturated heterocycles. The molecule has 0 aliphatic heterocycles. The highest BCUT2D eigenvalue weighted by atomic mass is 16.1. The summed E-state index contributed by atoms with van der Waals surface area (Å²) in [6.45, 7) is 8.53. The third-order valence-corrected chi connectivity index (χ3v) is 3.20. The quantitative estimate of drug-likeness (QED) is 0.881. The van der Waals surface area contributed by atoms with E-state index in [1.165, 1.54) is 5.56 Å². The number of hydrogen-bond donors (Lipinski definition) is 1. The van der Waals surface area contributed by atoms with E-state index in [9.17, 15) is 4.79 Å². The van der Waals surface area contributed by atoms with Crippen molar-refractivity contribution in [3.8, 4) is 6.07 Å². The van der Waals surface area contributed by atoms with Crippen LogP contribution in [0.15, 0.2) is 24.3 Å². The molecule has 1 amide bonds. The van der Waals surface area contributed by atoms with Crippen LogP contribution in [0.1, 0.15) is 44.7 Å². The van der Waals surface area contributed by atoms with Gasteiger partial charge < -0.3 is 5.32 Å². The maximum absolute atomic E-state index is 11.8. The minimum atomic E-state index is -0.574. The molecule has 3 heteroatoms. The van der Waals surface area contributed by atoms with Crippen molar-refractivity contribution in [2.75, 3.05) is 0 Å². The SMILES string of the molecule is CC(C)c1ccc(CNC(=O)C(C#N)C(C)C)cc1. The molecule has 1 unspecified atom stereocenters. The molecule has 1 aromatic carbocycles. The average Bonchev–Trinajstić information content (AvgIpc) is 2.37. The fourth-order valence-electron chi connectivity index (χ4n) is 1.83. The predicted octanol–water partition coefficient (Wildman–Crippen LogP) is 3.22. The summed E-state index contributed by atoms with van der Waals surface area (Å²) in [4.78, 5) is 11.8. The smallest absolute Gasteiger partial charge is 0.237 e. The van der Waals surface area contributed by atoms with Gasteiger partial charge >= 0.3 is 0 Å². The second kappa shape index (κ2) is 6.94. The lowest BCUT2D eigenvalue weighted by atomic mass is 9.96. The molecule has 0 radical (unpaired) electrons. The number of benzene rings is 1. The molecule has 0 bridgehead atoms. The van der Waals surface area contributed by atoms with Gasteiger partial charge in [0.05, 0.1) is 6.07 Å². The molecule has 0 aliphatic rings. The van der Waals surface area contributed by atoms with Crippen LogP contribution in [0.25, 0.3) is 0 Å². The van der Waals surface area contributed by atoms with Gasteiger partial charge in [-0.15, -0.1) is 0 Å². The van der Waals surface area contributed by atoms with Crippen LogP contribution in [-0.4, -0.2) is 5.91 Å². The third kappa shape index (κ3) is 4.40. The molecular formula is C16H22N2O. The van der Waals surface area contributed by atoms with Crippen LogP contribution in [-0.2, 0) is 11.3 Å². The van der Waals surface area contributed by atoms with Crippen LogP contribution in [0.4, 0.5) is 0 Å². The first-order valence-electron chi connectivity index (χ1n) is 6.71. The van der Waals surface area contributed by atoms with E-state index in [2.05, 4.69) is 31.3 Å². The van der Waals surface area contributed by atoms with E-state index in [0.29, 0.717) is 12.5 Å². The number of hydrogen-bond acceptors (Lipinski definition) is 2. The summed E-state index contributed by atoms with van der Waals surface area (Å²) in [6.07, 6.45) is 0. The summed E-state index contributed by atoms with van der Waals surface area (Å²) in [5.41, 5.74) is 2.34. The number of carbonyl (C=O) groups excluding carboxylic acids is 1. The monoisotopic (exact) mass is 258 g/mol. The fraction of sp³-hybridized carbons (Fsp3) is 0.500. The number of nitrogens with one attached hydrogen (secondary N) is 1. The molecule has 1 N–H and O–H groups in total. The minimum Gasteiger partial charge on any atom is -0.351 e. The van der Waals surface area contributed by atoms with E-state index < -0.39 is 5.92 Å². The van der Waals surface area contributed by atoms with Crippen LogP contribution in [0.3, 0.4) is 0 Å². The molecular weight excluding hydrogens is 236 g/mol. The molecule has 0 saturated carbocycles. The highest BCUT2D eigenvalue weighted by molar-refractivity contribution is 5.81. The molecule has 1 rings (SSSR count). The summed E-state index contributed by atoms with van der Waals surface area (Å²) in [7, 11) is 0. The van der Waals surface area contributed by atoms with Crippen LogP contribution in [0.2, 0.25) is 0 Å². The Kier molecular flexibility index (Phi) is 5.57. The van der Waals surface area contributed by atoms with E-state index in [4.69, 9.17) is 5.26 Å². The van der Waals surface area contributed by atoms with Crippen molar-refractivity contribution in [3.63, 3.8) is 0 Å². The van der Waals surface area contributed by atoms with Gasteiger partial charge in [-0.2, -0.15) is 5.26 Å². The predicted molar refractivity (Wildman–Crippen MR) is 76.3 cm³/mol. The summed E-state index contributed by atoms with van der Waals surface area (Å²) < 4.78 is 0. The van der Waals surface area contributed by atoms with Crippen molar-refractivity contribution in [2.24, 2.45) is 11.8 Å². The molecule has 1 atom stereocenters. The number of nitriles is 1. The molecule has 0 spiro atoms. The number of rotatable bonds is 5. The zero-order chi connectivity index (χ0) is 14.4. The van der Waals surface area contributed by atoms with Crippen molar-refractivity contribution >= 4 is 5.91 Å². The number of carbonyl (C=O) groups is 1. The number of nitrogens with zero attached hydrogens (tertiary/aromatic N) is 1. The molecule has 1 aromatic rings. The van der Waals surface area contributed by atoms with E-state index in [1.54, 1.807) is 0 Å². The molecule has 0 aliphatic carbocycles. The molecule has 0 heterocycles. The third-order valence-electron chi connectivity index (χ3n) is 3.20. The normalized spacial score (nSPS) is 12.3. The first kappa shape index (κ1) is 15.2. The Balaban J connectivity index is 2.57. The second-order valence-corrected chi connectivity index (χ2v) is 5.46. The van der Waals surface area contributed by atoms with Gasteiger partial charge in [0.15, 0.2) is 0 Å². The van der Waals surface area contributed by atoms with Gasteiger partial charge in [-0.25, -0.2) is 0 Å². The Hall–Kier alpha value is -1.82. The Bertz CT molecular complexity index is 455. The van der Waals surface area contributed by atoms with E-state index in [0.717, 1.165) is 5.56 Å². The van der Waals surface area contributed by atoms with E-state index >= 15 is 0 Å². The maximum atomic E-state index is 11.8. The Morgan fingerprint density at radius 3 is 2.21 bits per heavy atom. The molecule has 3 nitrogen and oxygen atoms in total. The topological polar surface area (TPSA) is 52.9 Å². The average molecular weight is 258 g/mol. The summed E-state index contributed by atoms with van der Waals surface area (Å²) in [5, 5.41) is 11.8. The summed E-state index contributed by atoms with van der Waals surface area (Å²) in [6, 6.07) is 10.2.